The fourth-order valence-corrected chi connectivity index (χ4v) is 1.73. The zero-order valence-electron chi connectivity index (χ0n) is 10.9. The number of hydrogen-bond acceptors (Lipinski definition) is 4. The van der Waals surface area contributed by atoms with E-state index in [0.29, 0.717) is 11.3 Å². The van der Waals surface area contributed by atoms with Crippen LogP contribution >= 0.6 is 0 Å². The van der Waals surface area contributed by atoms with E-state index in [9.17, 15) is 9.59 Å². The third kappa shape index (κ3) is 2.95. The summed E-state index contributed by atoms with van der Waals surface area (Å²) in [5.41, 5.74) is -0.246. The number of rotatable bonds is 4. The summed E-state index contributed by atoms with van der Waals surface area (Å²) in [5, 5.41) is 8.77. The molecule has 20 heavy (non-hydrogen) atoms. The lowest BCUT2D eigenvalue weighted by Crippen LogP contribution is -2.39. The van der Waals surface area contributed by atoms with E-state index >= 15 is 0 Å². The predicted octanol–water partition coefficient (Wildman–Crippen LogP) is 0.498. The molecule has 0 saturated carbocycles. The van der Waals surface area contributed by atoms with Crippen LogP contribution in [-0.2, 0) is 13.6 Å². The number of benzene rings is 1. The molecule has 0 fully saturated rings. The smallest absolute Gasteiger partial charge is 0.330 e. The second-order valence-electron chi connectivity index (χ2n) is 4.19. The van der Waals surface area contributed by atoms with Gasteiger partial charge < -0.3 is 9.30 Å². The number of nitriles is 1. The highest BCUT2D eigenvalue weighted by atomic mass is 16.5. The summed E-state index contributed by atoms with van der Waals surface area (Å²) in [6.45, 7) is 0.331. The molecule has 1 aromatic carbocycles. The summed E-state index contributed by atoms with van der Waals surface area (Å²) in [6.07, 6.45) is 1.43. The highest BCUT2D eigenvalue weighted by molar-refractivity contribution is 5.36. The van der Waals surface area contributed by atoms with Crippen LogP contribution in [0.2, 0.25) is 0 Å². The van der Waals surface area contributed by atoms with Gasteiger partial charge in [0.15, 0.2) is 0 Å². The standard InChI is InChI=1S/C14H13N3O3/c1-16-6-5-13(18)17(14(16)19)7-8-20-12-4-2-3-11(9-12)10-15/h2-6,9H,7-8H2,1H3. The van der Waals surface area contributed by atoms with Crippen LogP contribution in [0.1, 0.15) is 5.56 Å². The first kappa shape index (κ1) is 13.6. The molecule has 1 aromatic heterocycles. The van der Waals surface area contributed by atoms with E-state index in [4.69, 9.17) is 10.00 Å². The maximum Gasteiger partial charge on any atom is 0.330 e. The van der Waals surface area contributed by atoms with Crippen molar-refractivity contribution in [3.05, 3.63) is 62.9 Å². The average molecular weight is 271 g/mol. The van der Waals surface area contributed by atoms with Gasteiger partial charge in [-0.25, -0.2) is 4.79 Å². The second kappa shape index (κ2) is 5.89. The lowest BCUT2D eigenvalue weighted by molar-refractivity contribution is 0.292. The van der Waals surface area contributed by atoms with E-state index in [0.717, 1.165) is 4.57 Å². The molecule has 0 saturated heterocycles. The normalized spacial score (nSPS) is 10.0. The van der Waals surface area contributed by atoms with E-state index in [-0.39, 0.29) is 24.4 Å². The summed E-state index contributed by atoms with van der Waals surface area (Å²) in [5.74, 6) is 0.532. The fraction of sp³-hybridized carbons (Fsp3) is 0.214. The first-order chi connectivity index (χ1) is 9.61. The first-order valence-corrected chi connectivity index (χ1v) is 6.01. The molecule has 0 aliphatic rings. The molecule has 0 radical (unpaired) electrons. The Balaban J connectivity index is 2.07. The third-order valence-electron chi connectivity index (χ3n) is 2.79. The minimum atomic E-state index is -0.383. The number of nitrogens with zero attached hydrogens (tertiary/aromatic N) is 3. The van der Waals surface area contributed by atoms with Gasteiger partial charge >= 0.3 is 5.69 Å². The topological polar surface area (TPSA) is 77.0 Å². The molecular weight excluding hydrogens is 258 g/mol. The molecule has 0 amide bonds. The van der Waals surface area contributed by atoms with Gasteiger partial charge in [0.25, 0.3) is 5.56 Å². The molecule has 2 aromatic rings. The Kier molecular flexibility index (Phi) is 4.01. The molecule has 2 rings (SSSR count). The van der Waals surface area contributed by atoms with Crippen LogP contribution in [0.5, 0.6) is 5.75 Å². The highest BCUT2D eigenvalue weighted by Crippen LogP contribution is 2.12. The molecule has 0 unspecified atom stereocenters. The van der Waals surface area contributed by atoms with Crippen molar-refractivity contribution in [2.75, 3.05) is 6.61 Å². The van der Waals surface area contributed by atoms with Crippen molar-refractivity contribution >= 4 is 0 Å². The molecule has 1 heterocycles. The Morgan fingerprint density at radius 2 is 2.10 bits per heavy atom. The molecule has 0 atom stereocenters. The number of aryl methyl sites for hydroxylation is 1. The maximum absolute atomic E-state index is 11.8. The molecule has 6 heteroatoms. The van der Waals surface area contributed by atoms with Crippen molar-refractivity contribution in [2.24, 2.45) is 7.05 Å². The Hall–Kier alpha value is -2.81. The van der Waals surface area contributed by atoms with Crippen LogP contribution in [0.15, 0.2) is 46.1 Å². The van der Waals surface area contributed by atoms with Crippen molar-refractivity contribution in [2.45, 2.75) is 6.54 Å². The van der Waals surface area contributed by atoms with Crippen LogP contribution in [0, 0.1) is 11.3 Å². The second-order valence-corrected chi connectivity index (χ2v) is 4.19. The van der Waals surface area contributed by atoms with Crippen molar-refractivity contribution in [3.63, 3.8) is 0 Å². The lowest BCUT2D eigenvalue weighted by Gasteiger charge is -2.08. The zero-order valence-corrected chi connectivity index (χ0v) is 10.9. The van der Waals surface area contributed by atoms with Crippen LogP contribution < -0.4 is 16.0 Å². The van der Waals surface area contributed by atoms with Crippen molar-refractivity contribution in [1.82, 2.24) is 9.13 Å². The van der Waals surface area contributed by atoms with Gasteiger partial charge in [0.05, 0.1) is 18.2 Å². The molecule has 6 nitrogen and oxygen atoms in total. The molecule has 0 aliphatic carbocycles. The van der Waals surface area contributed by atoms with Gasteiger partial charge in [-0.2, -0.15) is 5.26 Å². The Labute approximate surface area is 115 Å². The zero-order chi connectivity index (χ0) is 14.5. The Bertz CT molecular complexity index is 768. The van der Waals surface area contributed by atoms with E-state index < -0.39 is 0 Å². The van der Waals surface area contributed by atoms with E-state index in [1.54, 1.807) is 31.3 Å². The minimum absolute atomic E-state index is 0.156. The monoisotopic (exact) mass is 271 g/mol. The highest BCUT2D eigenvalue weighted by Gasteiger charge is 2.03. The maximum atomic E-state index is 11.8. The van der Waals surface area contributed by atoms with Gasteiger partial charge in [0, 0.05) is 19.3 Å². The Morgan fingerprint density at radius 1 is 1.30 bits per heavy atom. The summed E-state index contributed by atoms with van der Waals surface area (Å²) in [6, 6.07) is 10.0. The van der Waals surface area contributed by atoms with Crippen molar-refractivity contribution in [1.29, 1.82) is 5.26 Å². The van der Waals surface area contributed by atoms with Crippen LogP contribution in [0.3, 0.4) is 0 Å². The van der Waals surface area contributed by atoms with E-state index in [1.807, 2.05) is 6.07 Å². The number of hydrogen-bond donors (Lipinski definition) is 0. The quantitative estimate of drug-likeness (QED) is 0.811. The molecule has 102 valence electrons. The summed E-state index contributed by atoms with van der Waals surface area (Å²) >= 11 is 0. The molecule has 0 spiro atoms. The number of aromatic nitrogens is 2. The predicted molar refractivity (Wildman–Crippen MR) is 72.6 cm³/mol. The Morgan fingerprint density at radius 3 is 2.85 bits per heavy atom. The summed E-state index contributed by atoms with van der Waals surface area (Å²) < 4.78 is 7.88. The van der Waals surface area contributed by atoms with Gasteiger partial charge in [0.2, 0.25) is 0 Å². The molecule has 0 aliphatic heterocycles. The van der Waals surface area contributed by atoms with Gasteiger partial charge in [0.1, 0.15) is 12.4 Å². The van der Waals surface area contributed by atoms with Crippen LogP contribution in [-0.4, -0.2) is 15.7 Å². The fourth-order valence-electron chi connectivity index (χ4n) is 1.73. The molecule has 0 N–H and O–H groups in total. The van der Waals surface area contributed by atoms with Crippen molar-refractivity contribution in [3.8, 4) is 11.8 Å². The van der Waals surface area contributed by atoms with Gasteiger partial charge in [-0.1, -0.05) is 6.07 Å². The van der Waals surface area contributed by atoms with Gasteiger partial charge in [-0.3, -0.25) is 9.36 Å². The van der Waals surface area contributed by atoms with Gasteiger partial charge in [-0.05, 0) is 18.2 Å². The minimum Gasteiger partial charge on any atom is -0.492 e. The third-order valence-corrected chi connectivity index (χ3v) is 2.79. The first-order valence-electron chi connectivity index (χ1n) is 6.01. The van der Waals surface area contributed by atoms with Crippen LogP contribution in [0.25, 0.3) is 0 Å². The average Bonchev–Trinajstić information content (AvgIpc) is 2.47. The van der Waals surface area contributed by atoms with E-state index in [1.165, 1.54) is 16.8 Å². The molecular formula is C14H13N3O3. The van der Waals surface area contributed by atoms with Crippen molar-refractivity contribution < 1.29 is 4.74 Å². The largest absolute Gasteiger partial charge is 0.492 e. The lowest BCUT2D eigenvalue weighted by atomic mass is 10.2. The summed E-state index contributed by atoms with van der Waals surface area (Å²) in [4.78, 5) is 23.3. The molecule has 0 bridgehead atoms. The van der Waals surface area contributed by atoms with Gasteiger partial charge in [-0.15, -0.1) is 0 Å². The SMILES string of the molecule is Cn1ccc(=O)n(CCOc2cccc(C#N)c2)c1=O. The summed E-state index contributed by atoms with van der Waals surface area (Å²) in [7, 11) is 1.58. The van der Waals surface area contributed by atoms with E-state index in [2.05, 4.69) is 0 Å². The number of ether oxygens (including phenoxy) is 1. The van der Waals surface area contributed by atoms with Crippen LogP contribution in [0.4, 0.5) is 0 Å².